The molecular weight excluding hydrogens is 168 g/mol. The van der Waals surface area contributed by atoms with E-state index >= 15 is 0 Å². The Morgan fingerprint density at radius 3 is 2.38 bits per heavy atom. The fraction of sp³-hybridized carbons (Fsp3) is 0.700. The first-order chi connectivity index (χ1) is 5.89. The van der Waals surface area contributed by atoms with Gasteiger partial charge in [-0.1, -0.05) is 6.08 Å². The Morgan fingerprint density at radius 2 is 2.08 bits per heavy atom. The Morgan fingerprint density at radius 1 is 1.54 bits per heavy atom. The van der Waals surface area contributed by atoms with Gasteiger partial charge in [-0.15, -0.1) is 6.58 Å². The monoisotopic (exact) mass is 186 g/mol. The number of ether oxygens (including phenoxy) is 2. The summed E-state index contributed by atoms with van der Waals surface area (Å²) in [5, 5.41) is 0. The van der Waals surface area contributed by atoms with Crippen LogP contribution in [0.1, 0.15) is 27.2 Å². The maximum atomic E-state index is 11.2. The van der Waals surface area contributed by atoms with Crippen LogP contribution in [0.3, 0.4) is 0 Å². The van der Waals surface area contributed by atoms with Crippen LogP contribution in [0.2, 0.25) is 0 Å². The van der Waals surface area contributed by atoms with Gasteiger partial charge in [-0.25, -0.2) is 0 Å². The lowest BCUT2D eigenvalue weighted by Crippen LogP contribution is -2.26. The average Bonchev–Trinajstić information content (AvgIpc) is 1.96. The van der Waals surface area contributed by atoms with Gasteiger partial charge in [0.1, 0.15) is 5.60 Å². The summed E-state index contributed by atoms with van der Waals surface area (Å²) in [5.41, 5.74) is -0.434. The summed E-state index contributed by atoms with van der Waals surface area (Å²) in [6.07, 6.45) is 1.55. The number of hydrogen-bond acceptors (Lipinski definition) is 3. The largest absolute Gasteiger partial charge is 0.460 e. The van der Waals surface area contributed by atoms with Gasteiger partial charge in [0.15, 0.2) is 0 Å². The van der Waals surface area contributed by atoms with Crippen LogP contribution in [0.15, 0.2) is 12.7 Å². The average molecular weight is 186 g/mol. The molecule has 13 heavy (non-hydrogen) atoms. The minimum Gasteiger partial charge on any atom is -0.460 e. The molecular formula is C10H18O3. The first-order valence-corrected chi connectivity index (χ1v) is 4.26. The molecule has 0 aromatic heterocycles. The number of rotatable bonds is 4. The van der Waals surface area contributed by atoms with E-state index in [9.17, 15) is 4.79 Å². The third-order valence-electron chi connectivity index (χ3n) is 1.35. The lowest BCUT2D eigenvalue weighted by Gasteiger charge is -2.20. The number of carbonyl (C=O) groups is 1. The van der Waals surface area contributed by atoms with Gasteiger partial charge in [0, 0.05) is 7.11 Å². The first kappa shape index (κ1) is 12.2. The van der Waals surface area contributed by atoms with Crippen LogP contribution in [0.5, 0.6) is 0 Å². The Balaban J connectivity index is 3.93. The summed E-state index contributed by atoms with van der Waals surface area (Å²) in [7, 11) is 1.54. The van der Waals surface area contributed by atoms with Crippen molar-refractivity contribution in [3.8, 4) is 0 Å². The molecule has 3 heteroatoms. The maximum Gasteiger partial charge on any atom is 0.309 e. The maximum absolute atomic E-state index is 11.2. The molecule has 0 heterocycles. The highest BCUT2D eigenvalue weighted by atomic mass is 16.6. The van der Waals surface area contributed by atoms with Crippen LogP contribution < -0.4 is 0 Å². The molecule has 0 N–H and O–H groups in total. The first-order valence-electron chi connectivity index (χ1n) is 4.26. The van der Waals surface area contributed by atoms with E-state index in [2.05, 4.69) is 6.58 Å². The molecule has 0 saturated heterocycles. The Labute approximate surface area is 79.7 Å². The summed E-state index contributed by atoms with van der Waals surface area (Å²) >= 11 is 0. The van der Waals surface area contributed by atoms with Crippen LogP contribution in [0.4, 0.5) is 0 Å². The lowest BCUT2D eigenvalue weighted by molar-refractivity contribution is -0.156. The van der Waals surface area contributed by atoms with Gasteiger partial charge < -0.3 is 9.47 Å². The van der Waals surface area contributed by atoms with Gasteiger partial charge in [-0.3, -0.25) is 4.79 Å². The van der Waals surface area contributed by atoms with E-state index in [0.29, 0.717) is 0 Å². The zero-order valence-electron chi connectivity index (χ0n) is 8.79. The molecule has 76 valence electrons. The molecule has 0 aliphatic carbocycles. The summed E-state index contributed by atoms with van der Waals surface area (Å²) in [5.74, 6) is -0.265. The highest BCUT2D eigenvalue weighted by molar-refractivity contribution is 5.70. The molecule has 0 rings (SSSR count). The van der Waals surface area contributed by atoms with E-state index < -0.39 is 5.60 Å². The van der Waals surface area contributed by atoms with E-state index in [1.807, 2.05) is 20.8 Å². The minimum atomic E-state index is -0.434. The summed E-state index contributed by atoms with van der Waals surface area (Å²) < 4.78 is 10.1. The van der Waals surface area contributed by atoms with Crippen LogP contribution in [-0.4, -0.2) is 24.8 Å². The van der Waals surface area contributed by atoms with Crippen molar-refractivity contribution < 1.29 is 14.3 Å². The van der Waals surface area contributed by atoms with Crippen molar-refractivity contribution in [3.63, 3.8) is 0 Å². The predicted octanol–water partition coefficient (Wildman–Crippen LogP) is 1.92. The van der Waals surface area contributed by atoms with E-state index in [1.165, 1.54) is 7.11 Å². The van der Waals surface area contributed by atoms with Gasteiger partial charge in [-0.2, -0.15) is 0 Å². The van der Waals surface area contributed by atoms with Gasteiger partial charge in [0.25, 0.3) is 0 Å². The molecule has 0 amide bonds. The molecule has 1 atom stereocenters. The van der Waals surface area contributed by atoms with Crippen molar-refractivity contribution in [3.05, 3.63) is 12.7 Å². The number of carbonyl (C=O) groups excluding carboxylic acids is 1. The van der Waals surface area contributed by atoms with Crippen molar-refractivity contribution in [1.82, 2.24) is 0 Å². The fourth-order valence-corrected chi connectivity index (χ4v) is 0.810. The smallest absolute Gasteiger partial charge is 0.309 e. The topological polar surface area (TPSA) is 35.5 Å². The summed E-state index contributed by atoms with van der Waals surface area (Å²) in [4.78, 5) is 11.2. The van der Waals surface area contributed by atoms with E-state index in [-0.39, 0.29) is 18.5 Å². The van der Waals surface area contributed by atoms with Crippen LogP contribution in [-0.2, 0) is 14.3 Å². The molecule has 0 aromatic carbocycles. The number of methoxy groups -OCH3 is 1. The molecule has 0 bridgehead atoms. The van der Waals surface area contributed by atoms with Gasteiger partial charge >= 0.3 is 5.97 Å². The van der Waals surface area contributed by atoms with Crippen molar-refractivity contribution in [2.75, 3.05) is 7.11 Å². The Bertz CT molecular complexity index is 179. The zero-order chi connectivity index (χ0) is 10.5. The van der Waals surface area contributed by atoms with Crippen molar-refractivity contribution in [2.24, 2.45) is 0 Å². The van der Waals surface area contributed by atoms with Crippen molar-refractivity contribution in [1.29, 1.82) is 0 Å². The quantitative estimate of drug-likeness (QED) is 0.497. The second-order valence-electron chi connectivity index (χ2n) is 3.80. The van der Waals surface area contributed by atoms with E-state index in [0.717, 1.165) is 0 Å². The molecule has 0 aliphatic heterocycles. The van der Waals surface area contributed by atoms with E-state index in [1.54, 1.807) is 6.08 Å². The standard InChI is InChI=1S/C10H18O3/c1-6-8(12-5)7-9(11)13-10(2,3)4/h6,8H,1,7H2,2-5H3/t8-/m0/s1. The Hall–Kier alpha value is -0.830. The third-order valence-corrected chi connectivity index (χ3v) is 1.35. The predicted molar refractivity (Wildman–Crippen MR) is 51.5 cm³/mol. The lowest BCUT2D eigenvalue weighted by atomic mass is 10.2. The SMILES string of the molecule is C=C[C@@H](CC(=O)OC(C)(C)C)OC. The van der Waals surface area contributed by atoms with Gasteiger partial charge in [-0.05, 0) is 20.8 Å². The molecule has 0 aliphatic rings. The molecule has 3 nitrogen and oxygen atoms in total. The van der Waals surface area contributed by atoms with Crippen LogP contribution in [0.25, 0.3) is 0 Å². The van der Waals surface area contributed by atoms with E-state index in [4.69, 9.17) is 9.47 Å². The second kappa shape index (κ2) is 5.02. The molecule has 0 saturated carbocycles. The normalized spacial score (nSPS) is 13.5. The van der Waals surface area contributed by atoms with Gasteiger partial charge in [0.05, 0.1) is 12.5 Å². The molecule has 0 unspecified atom stereocenters. The third kappa shape index (κ3) is 6.34. The molecule has 0 radical (unpaired) electrons. The van der Waals surface area contributed by atoms with Crippen molar-refractivity contribution >= 4 is 5.97 Å². The van der Waals surface area contributed by atoms with Crippen LogP contribution >= 0.6 is 0 Å². The van der Waals surface area contributed by atoms with Crippen LogP contribution in [0, 0.1) is 0 Å². The number of hydrogen-bond donors (Lipinski definition) is 0. The molecule has 0 spiro atoms. The minimum absolute atomic E-state index is 0.220. The number of esters is 1. The Kier molecular flexibility index (Phi) is 4.70. The van der Waals surface area contributed by atoms with Crippen molar-refractivity contribution in [2.45, 2.75) is 38.9 Å². The van der Waals surface area contributed by atoms with Gasteiger partial charge in [0.2, 0.25) is 0 Å². The summed E-state index contributed by atoms with van der Waals surface area (Å²) in [6.45, 7) is 9.05. The second-order valence-corrected chi connectivity index (χ2v) is 3.80. The molecule has 0 aromatic rings. The zero-order valence-corrected chi connectivity index (χ0v) is 8.79. The summed E-state index contributed by atoms with van der Waals surface area (Å²) in [6, 6.07) is 0. The fourth-order valence-electron chi connectivity index (χ4n) is 0.810. The molecule has 0 fully saturated rings. The highest BCUT2D eigenvalue weighted by Gasteiger charge is 2.18. The highest BCUT2D eigenvalue weighted by Crippen LogP contribution is 2.10.